The lowest BCUT2D eigenvalue weighted by Gasteiger charge is -2.34. The zero-order valence-electron chi connectivity index (χ0n) is 14.8. The number of ketones is 1. The van der Waals surface area contributed by atoms with Crippen molar-refractivity contribution in [2.75, 3.05) is 13.1 Å². The summed E-state index contributed by atoms with van der Waals surface area (Å²) in [6, 6.07) is 5.95. The maximum Gasteiger partial charge on any atom is 0.286 e. The summed E-state index contributed by atoms with van der Waals surface area (Å²) in [7, 11) is 0. The van der Waals surface area contributed by atoms with Crippen LogP contribution in [0.1, 0.15) is 38.8 Å². The molecule has 134 valence electrons. The highest BCUT2D eigenvalue weighted by Crippen LogP contribution is 2.25. The zero-order valence-corrected chi connectivity index (χ0v) is 14.8. The minimum Gasteiger partial charge on any atom is -0.482 e. The van der Waals surface area contributed by atoms with Crippen molar-refractivity contribution in [2.24, 2.45) is 0 Å². The van der Waals surface area contributed by atoms with Crippen LogP contribution >= 0.6 is 0 Å². The molecule has 6 heteroatoms. The average Bonchev–Trinajstić information content (AvgIpc) is 2.54. The number of nitrogens with zero attached hydrogens (tertiary/aromatic N) is 2. The Morgan fingerprint density at radius 2 is 2.28 bits per heavy atom. The Morgan fingerprint density at radius 1 is 1.44 bits per heavy atom. The molecule has 1 aromatic heterocycles. The van der Waals surface area contributed by atoms with Gasteiger partial charge >= 0.3 is 0 Å². The molecule has 2 aliphatic rings. The van der Waals surface area contributed by atoms with Crippen LogP contribution < -0.4 is 5.32 Å². The van der Waals surface area contributed by atoms with Gasteiger partial charge in [-0.05, 0) is 45.4 Å². The number of aromatic nitrogens is 1. The lowest BCUT2D eigenvalue weighted by Crippen LogP contribution is -2.48. The molecule has 3 heterocycles. The number of hydrogen-bond acceptors (Lipinski definition) is 5. The summed E-state index contributed by atoms with van der Waals surface area (Å²) in [5, 5.41) is 3.02. The third-order valence-electron chi connectivity index (χ3n) is 4.45. The van der Waals surface area contributed by atoms with Gasteiger partial charge in [-0.3, -0.25) is 19.5 Å². The third kappa shape index (κ3) is 4.89. The van der Waals surface area contributed by atoms with Crippen molar-refractivity contribution in [3.63, 3.8) is 0 Å². The summed E-state index contributed by atoms with van der Waals surface area (Å²) < 4.78 is 5.67. The van der Waals surface area contributed by atoms with Crippen molar-refractivity contribution in [1.29, 1.82) is 0 Å². The number of pyridine rings is 1. The highest BCUT2D eigenvalue weighted by atomic mass is 16.5. The zero-order chi connectivity index (χ0) is 17.9. The fourth-order valence-electron chi connectivity index (χ4n) is 3.39. The van der Waals surface area contributed by atoms with E-state index in [2.05, 4.69) is 15.2 Å². The Kier molecular flexibility index (Phi) is 5.18. The molecule has 1 N–H and O–H groups in total. The lowest BCUT2D eigenvalue weighted by molar-refractivity contribution is -0.131. The molecular weight excluding hydrogens is 318 g/mol. The van der Waals surface area contributed by atoms with Gasteiger partial charge in [-0.1, -0.05) is 6.07 Å². The van der Waals surface area contributed by atoms with E-state index in [4.69, 9.17) is 4.74 Å². The second kappa shape index (κ2) is 7.35. The standard InChI is InChI=1S/C19H25N3O3/c1-19(2)11-16(23)10-17(25-19)18(24)21-15-7-5-9-22(13-15)12-14-6-3-4-8-20-14/h3-4,6,8,10,15H,5,7,9,11-13H2,1-2H3,(H,21,24)/t15-/m0/s1. The van der Waals surface area contributed by atoms with Crippen molar-refractivity contribution < 1.29 is 14.3 Å². The van der Waals surface area contributed by atoms with Gasteiger partial charge in [-0.15, -0.1) is 0 Å². The number of allylic oxidation sites excluding steroid dienone is 1. The van der Waals surface area contributed by atoms with Crippen LogP contribution in [0.2, 0.25) is 0 Å². The summed E-state index contributed by atoms with van der Waals surface area (Å²) >= 11 is 0. The van der Waals surface area contributed by atoms with Crippen molar-refractivity contribution in [2.45, 2.75) is 51.3 Å². The van der Waals surface area contributed by atoms with Crippen LogP contribution in [0.25, 0.3) is 0 Å². The molecule has 0 radical (unpaired) electrons. The number of hydrogen-bond donors (Lipinski definition) is 1. The highest BCUT2D eigenvalue weighted by Gasteiger charge is 2.33. The number of piperidine rings is 1. The molecule has 1 fully saturated rings. The first-order valence-corrected chi connectivity index (χ1v) is 8.78. The number of nitrogens with one attached hydrogen (secondary N) is 1. The first-order valence-electron chi connectivity index (χ1n) is 8.78. The predicted molar refractivity (Wildman–Crippen MR) is 93.5 cm³/mol. The minimum atomic E-state index is -0.629. The number of rotatable bonds is 4. The van der Waals surface area contributed by atoms with Crippen LogP contribution in [0, 0.1) is 0 Å². The van der Waals surface area contributed by atoms with Crippen LogP contribution in [0.3, 0.4) is 0 Å². The lowest BCUT2D eigenvalue weighted by atomic mass is 9.98. The van der Waals surface area contributed by atoms with Crippen molar-refractivity contribution >= 4 is 11.7 Å². The molecule has 1 saturated heterocycles. The smallest absolute Gasteiger partial charge is 0.286 e. The summed E-state index contributed by atoms with van der Waals surface area (Å²) in [4.78, 5) is 30.9. The first-order chi connectivity index (χ1) is 11.9. The van der Waals surface area contributed by atoms with Crippen molar-refractivity contribution in [1.82, 2.24) is 15.2 Å². The Labute approximate surface area is 148 Å². The highest BCUT2D eigenvalue weighted by molar-refractivity contribution is 6.01. The van der Waals surface area contributed by atoms with E-state index in [-0.39, 0.29) is 23.5 Å². The molecular formula is C19H25N3O3. The maximum absolute atomic E-state index is 12.5. The molecule has 3 rings (SSSR count). The van der Waals surface area contributed by atoms with Gasteiger partial charge in [-0.25, -0.2) is 0 Å². The van der Waals surface area contributed by atoms with Gasteiger partial charge in [0.15, 0.2) is 11.5 Å². The topological polar surface area (TPSA) is 71.5 Å². The third-order valence-corrected chi connectivity index (χ3v) is 4.45. The van der Waals surface area contributed by atoms with Gasteiger partial charge in [0.05, 0.1) is 5.69 Å². The van der Waals surface area contributed by atoms with Gasteiger partial charge in [0, 0.05) is 37.8 Å². The number of amides is 1. The SMILES string of the molecule is CC1(C)CC(=O)C=C(C(=O)N[C@H]2CCCN(Cc3ccccn3)C2)O1. The van der Waals surface area contributed by atoms with E-state index in [0.717, 1.165) is 38.2 Å². The fourth-order valence-corrected chi connectivity index (χ4v) is 3.39. The molecule has 0 spiro atoms. The number of carbonyl (C=O) groups is 2. The molecule has 2 aliphatic heterocycles. The molecule has 1 atom stereocenters. The summed E-state index contributed by atoms with van der Waals surface area (Å²) in [5.41, 5.74) is 0.399. The molecule has 0 aliphatic carbocycles. The Balaban J connectivity index is 1.57. The summed E-state index contributed by atoms with van der Waals surface area (Å²) in [6.45, 7) is 6.18. The molecule has 25 heavy (non-hydrogen) atoms. The van der Waals surface area contributed by atoms with Crippen LogP contribution in [0.4, 0.5) is 0 Å². The van der Waals surface area contributed by atoms with Gasteiger partial charge in [-0.2, -0.15) is 0 Å². The molecule has 0 bridgehead atoms. The van der Waals surface area contributed by atoms with Crippen LogP contribution in [-0.4, -0.2) is 46.3 Å². The molecule has 6 nitrogen and oxygen atoms in total. The van der Waals surface area contributed by atoms with Gasteiger partial charge in [0.2, 0.25) is 0 Å². The molecule has 0 saturated carbocycles. The first kappa shape index (κ1) is 17.6. The second-order valence-corrected chi connectivity index (χ2v) is 7.38. The monoisotopic (exact) mass is 343 g/mol. The largest absolute Gasteiger partial charge is 0.482 e. The van der Waals surface area contributed by atoms with Crippen LogP contribution in [0.15, 0.2) is 36.2 Å². The van der Waals surface area contributed by atoms with Gasteiger partial charge < -0.3 is 10.1 Å². The Hall–Kier alpha value is -2.21. The predicted octanol–water partition coefficient (Wildman–Crippen LogP) is 1.81. The number of ether oxygens (including phenoxy) is 1. The van der Waals surface area contributed by atoms with Crippen molar-refractivity contribution in [3.05, 3.63) is 41.9 Å². The summed E-state index contributed by atoms with van der Waals surface area (Å²) in [6.07, 6.45) is 5.35. The summed E-state index contributed by atoms with van der Waals surface area (Å²) in [5.74, 6) is -0.240. The van der Waals surface area contributed by atoms with E-state index in [1.54, 1.807) is 6.20 Å². The normalized spacial score (nSPS) is 23.5. The van der Waals surface area contributed by atoms with Crippen LogP contribution in [-0.2, 0) is 20.9 Å². The quantitative estimate of drug-likeness (QED) is 0.903. The maximum atomic E-state index is 12.5. The number of carbonyl (C=O) groups excluding carboxylic acids is 2. The van der Waals surface area contributed by atoms with Crippen molar-refractivity contribution in [3.8, 4) is 0 Å². The van der Waals surface area contributed by atoms with E-state index >= 15 is 0 Å². The number of likely N-dealkylation sites (tertiary alicyclic amines) is 1. The van der Waals surface area contributed by atoms with E-state index < -0.39 is 5.60 Å². The van der Waals surface area contributed by atoms with E-state index in [0.29, 0.717) is 6.42 Å². The van der Waals surface area contributed by atoms with E-state index in [1.807, 2.05) is 32.0 Å². The molecule has 0 unspecified atom stereocenters. The average molecular weight is 343 g/mol. The van der Waals surface area contributed by atoms with Crippen LogP contribution in [0.5, 0.6) is 0 Å². The second-order valence-electron chi connectivity index (χ2n) is 7.38. The molecule has 1 amide bonds. The molecule has 1 aromatic rings. The fraction of sp³-hybridized carbons (Fsp3) is 0.526. The molecule has 0 aromatic carbocycles. The Morgan fingerprint density at radius 3 is 3.00 bits per heavy atom. The van der Waals surface area contributed by atoms with Gasteiger partial charge in [0.1, 0.15) is 5.60 Å². The van der Waals surface area contributed by atoms with Gasteiger partial charge in [0.25, 0.3) is 5.91 Å². The minimum absolute atomic E-state index is 0.0506. The van der Waals surface area contributed by atoms with E-state index in [1.165, 1.54) is 6.08 Å². The van der Waals surface area contributed by atoms with E-state index in [9.17, 15) is 9.59 Å². The Bertz CT molecular complexity index is 670.